The normalized spacial score (nSPS) is 11.1. The van der Waals surface area contributed by atoms with Crippen LogP contribution in [0.4, 0.5) is 20.2 Å². The van der Waals surface area contributed by atoms with Gasteiger partial charge in [0.05, 0.1) is 44.6 Å². The number of hydrogen-bond acceptors (Lipinski definition) is 4. The first-order valence-electron chi connectivity index (χ1n) is 9.82. The molecule has 0 saturated heterocycles. The summed E-state index contributed by atoms with van der Waals surface area (Å²) in [6.45, 7) is 9.39. The smallest absolute Gasteiger partial charge is 0.200 e. The summed E-state index contributed by atoms with van der Waals surface area (Å²) in [4.78, 5) is 13.4. The molecule has 0 bridgehead atoms. The SMILES string of the molecule is C=C(OCC)c1cn(-c2cc(N)c(F)cc2CC)c2c(Br)c(NC)c(F)c(C)c2c1=O. The molecule has 0 fully saturated rings. The van der Waals surface area contributed by atoms with Gasteiger partial charge >= 0.3 is 0 Å². The molecule has 0 aliphatic carbocycles. The van der Waals surface area contributed by atoms with Gasteiger partial charge in [0.15, 0.2) is 5.82 Å². The molecule has 0 amide bonds. The van der Waals surface area contributed by atoms with Crippen LogP contribution in [0.5, 0.6) is 0 Å². The minimum atomic E-state index is -0.543. The Morgan fingerprint density at radius 1 is 1.32 bits per heavy atom. The Balaban J connectivity index is 2.61. The largest absolute Gasteiger partial charge is 0.494 e. The molecular formula is C23H24BrF2N3O2. The molecular weight excluding hydrogens is 468 g/mol. The summed E-state index contributed by atoms with van der Waals surface area (Å²) < 4.78 is 36.8. The summed E-state index contributed by atoms with van der Waals surface area (Å²) in [6.07, 6.45) is 2.09. The number of aromatic nitrogens is 1. The molecule has 1 heterocycles. The lowest BCUT2D eigenvalue weighted by atomic mass is 10.0. The maximum atomic E-state index is 15.1. The Kier molecular flexibility index (Phi) is 6.40. The molecule has 0 radical (unpaired) electrons. The topological polar surface area (TPSA) is 69.3 Å². The maximum Gasteiger partial charge on any atom is 0.200 e. The Hall–Kier alpha value is -2.87. The highest BCUT2D eigenvalue weighted by molar-refractivity contribution is 9.10. The number of rotatable bonds is 6. The average molecular weight is 492 g/mol. The molecule has 5 nitrogen and oxygen atoms in total. The number of nitrogens with zero attached hydrogens (tertiary/aromatic N) is 1. The van der Waals surface area contributed by atoms with Gasteiger partial charge in [0.25, 0.3) is 0 Å². The minimum Gasteiger partial charge on any atom is -0.494 e. The molecule has 0 unspecified atom stereocenters. The number of nitrogens with two attached hydrogens (primary N) is 1. The van der Waals surface area contributed by atoms with Crippen molar-refractivity contribution in [3.63, 3.8) is 0 Å². The fourth-order valence-corrected chi connectivity index (χ4v) is 4.44. The number of nitrogens with one attached hydrogen (secondary N) is 1. The van der Waals surface area contributed by atoms with Gasteiger partial charge in [-0.1, -0.05) is 13.5 Å². The molecule has 0 aliphatic heterocycles. The molecule has 0 spiro atoms. The van der Waals surface area contributed by atoms with Gasteiger partial charge in [-0.2, -0.15) is 0 Å². The lowest BCUT2D eigenvalue weighted by molar-refractivity contribution is 0.298. The standard InChI is InChI=1S/C23H24BrF2N3O2/c1-6-13-8-15(25)16(27)9-17(13)29-10-14(12(4)31-7-2)23(30)18-11(3)20(26)21(28-5)19(24)22(18)29/h8-10,28H,4,6-7,27H2,1-3,5H3. The van der Waals surface area contributed by atoms with Crippen LogP contribution < -0.4 is 16.5 Å². The number of fused-ring (bicyclic) bond motifs is 1. The van der Waals surface area contributed by atoms with Crippen LogP contribution in [-0.4, -0.2) is 18.2 Å². The van der Waals surface area contributed by atoms with E-state index in [4.69, 9.17) is 10.5 Å². The first kappa shape index (κ1) is 22.8. The van der Waals surface area contributed by atoms with Crippen LogP contribution in [0.3, 0.4) is 0 Å². The van der Waals surface area contributed by atoms with Crippen molar-refractivity contribution in [2.24, 2.45) is 0 Å². The Morgan fingerprint density at radius 2 is 2.00 bits per heavy atom. The number of aryl methyl sites for hydroxylation is 2. The highest BCUT2D eigenvalue weighted by Gasteiger charge is 2.24. The van der Waals surface area contributed by atoms with E-state index in [9.17, 15) is 9.18 Å². The monoisotopic (exact) mass is 491 g/mol. The van der Waals surface area contributed by atoms with Gasteiger partial charge < -0.3 is 20.4 Å². The van der Waals surface area contributed by atoms with Crippen LogP contribution in [0.2, 0.25) is 0 Å². The third kappa shape index (κ3) is 3.69. The van der Waals surface area contributed by atoms with E-state index in [0.29, 0.717) is 34.3 Å². The van der Waals surface area contributed by atoms with Crippen LogP contribution in [0.25, 0.3) is 22.3 Å². The van der Waals surface area contributed by atoms with Gasteiger partial charge in [-0.25, -0.2) is 8.78 Å². The zero-order valence-electron chi connectivity index (χ0n) is 17.8. The number of ether oxygens (including phenoxy) is 1. The molecule has 3 N–H and O–H groups in total. The average Bonchev–Trinajstić information content (AvgIpc) is 2.74. The molecule has 8 heteroatoms. The minimum absolute atomic E-state index is 0.0342. The summed E-state index contributed by atoms with van der Waals surface area (Å²) in [5, 5.41) is 3.01. The van der Waals surface area contributed by atoms with Crippen LogP contribution >= 0.6 is 15.9 Å². The van der Waals surface area contributed by atoms with E-state index in [0.717, 1.165) is 0 Å². The molecule has 0 saturated carbocycles. The van der Waals surface area contributed by atoms with Gasteiger partial charge in [0.2, 0.25) is 5.43 Å². The fourth-order valence-electron chi connectivity index (χ4n) is 3.68. The first-order valence-corrected chi connectivity index (χ1v) is 10.6. The Bertz CT molecular complexity index is 1270. The number of nitrogen functional groups attached to an aromatic ring is 1. The molecule has 3 rings (SSSR count). The molecule has 2 aromatic carbocycles. The van der Waals surface area contributed by atoms with E-state index in [1.165, 1.54) is 12.1 Å². The summed E-state index contributed by atoms with van der Waals surface area (Å²) >= 11 is 3.46. The van der Waals surface area contributed by atoms with E-state index in [2.05, 4.69) is 27.8 Å². The molecule has 0 atom stereocenters. The second kappa shape index (κ2) is 8.70. The van der Waals surface area contributed by atoms with Gasteiger partial charge in [0, 0.05) is 18.8 Å². The number of halogens is 3. The second-order valence-corrected chi connectivity index (χ2v) is 7.85. The van der Waals surface area contributed by atoms with Gasteiger partial charge in [0.1, 0.15) is 11.6 Å². The zero-order chi connectivity index (χ0) is 23.0. The number of pyridine rings is 1. The number of benzene rings is 2. The van der Waals surface area contributed by atoms with Crippen molar-refractivity contribution in [1.29, 1.82) is 0 Å². The van der Waals surface area contributed by atoms with Crippen molar-refractivity contribution in [2.45, 2.75) is 27.2 Å². The second-order valence-electron chi connectivity index (χ2n) is 7.06. The van der Waals surface area contributed by atoms with Crippen LogP contribution in [0.15, 0.2) is 34.2 Å². The maximum absolute atomic E-state index is 15.1. The Morgan fingerprint density at radius 3 is 2.58 bits per heavy atom. The summed E-state index contributed by atoms with van der Waals surface area (Å²) in [7, 11) is 1.59. The third-order valence-corrected chi connectivity index (χ3v) is 6.04. The highest BCUT2D eigenvalue weighted by atomic mass is 79.9. The fraction of sp³-hybridized carbons (Fsp3) is 0.261. The van der Waals surface area contributed by atoms with Gasteiger partial charge in [-0.05, 0) is 53.9 Å². The molecule has 31 heavy (non-hydrogen) atoms. The van der Waals surface area contributed by atoms with Gasteiger partial charge in [-0.15, -0.1) is 0 Å². The quantitative estimate of drug-likeness (QED) is 0.351. The van der Waals surface area contributed by atoms with Crippen LogP contribution in [-0.2, 0) is 11.2 Å². The van der Waals surface area contributed by atoms with Gasteiger partial charge in [-0.3, -0.25) is 4.79 Å². The molecule has 164 valence electrons. The summed E-state index contributed by atoms with van der Waals surface area (Å²) in [5.74, 6) is -0.897. The van der Waals surface area contributed by atoms with Crippen molar-refractivity contribution < 1.29 is 13.5 Å². The highest BCUT2D eigenvalue weighted by Crippen LogP contribution is 2.38. The summed E-state index contributed by atoms with van der Waals surface area (Å²) in [5.41, 5.74) is 7.69. The third-order valence-electron chi connectivity index (χ3n) is 5.27. The van der Waals surface area contributed by atoms with E-state index in [-0.39, 0.29) is 33.6 Å². The van der Waals surface area contributed by atoms with Crippen molar-refractivity contribution in [3.8, 4) is 5.69 Å². The zero-order valence-corrected chi connectivity index (χ0v) is 19.4. The number of anilines is 2. The van der Waals surface area contributed by atoms with Crippen molar-refractivity contribution in [2.75, 3.05) is 24.7 Å². The first-order chi connectivity index (χ1) is 14.7. The van der Waals surface area contributed by atoms with Crippen LogP contribution in [0, 0.1) is 18.6 Å². The lowest BCUT2D eigenvalue weighted by Gasteiger charge is -2.21. The summed E-state index contributed by atoms with van der Waals surface area (Å²) in [6, 6.07) is 2.88. The lowest BCUT2D eigenvalue weighted by Crippen LogP contribution is -2.18. The molecule has 1 aromatic heterocycles. The van der Waals surface area contributed by atoms with Crippen molar-refractivity contribution in [1.82, 2.24) is 4.57 Å². The van der Waals surface area contributed by atoms with E-state index < -0.39 is 17.1 Å². The van der Waals surface area contributed by atoms with E-state index >= 15 is 4.39 Å². The predicted molar refractivity (Wildman–Crippen MR) is 126 cm³/mol. The predicted octanol–water partition coefficient (Wildman–Crippen LogP) is 5.53. The number of hydrogen-bond donors (Lipinski definition) is 2. The van der Waals surface area contributed by atoms with E-state index in [1.54, 1.807) is 31.7 Å². The molecule has 0 aliphatic rings. The van der Waals surface area contributed by atoms with Crippen LogP contribution in [0.1, 0.15) is 30.5 Å². The van der Waals surface area contributed by atoms with Crippen molar-refractivity contribution in [3.05, 3.63) is 67.9 Å². The molecule has 3 aromatic rings. The van der Waals surface area contributed by atoms with E-state index in [1.807, 2.05) is 6.92 Å². The Labute approximate surface area is 187 Å². The van der Waals surface area contributed by atoms with Crippen molar-refractivity contribution >= 4 is 44.0 Å².